The Morgan fingerprint density at radius 1 is 0.432 bits per heavy atom. The summed E-state index contributed by atoms with van der Waals surface area (Å²) >= 11 is 3.67. The van der Waals surface area contributed by atoms with E-state index in [0.717, 1.165) is 55.5 Å². The number of thiophene rings is 2. The summed E-state index contributed by atoms with van der Waals surface area (Å²) in [5.74, 6) is 0. The molecule has 4 nitrogen and oxygen atoms in total. The Labute approximate surface area is 259 Å². The molecular weight excluding hydrogens is 581 g/mol. The summed E-state index contributed by atoms with van der Waals surface area (Å²) in [6.45, 7) is 8.51. The predicted octanol–water partition coefficient (Wildman–Crippen LogP) is 11.9. The van der Waals surface area contributed by atoms with E-state index in [1.807, 2.05) is 22.7 Å². The van der Waals surface area contributed by atoms with E-state index in [1.165, 1.54) is 52.1 Å². The monoisotopic (exact) mass is 606 g/mol. The van der Waals surface area contributed by atoms with Crippen LogP contribution in [0.3, 0.4) is 0 Å². The number of benzene rings is 4. The number of nitrogens with zero attached hydrogens (tertiary/aromatic N) is 2. The third kappa shape index (κ3) is 3.11. The van der Waals surface area contributed by atoms with Crippen LogP contribution in [0.25, 0.3) is 85.3 Å². The van der Waals surface area contributed by atoms with E-state index in [4.69, 9.17) is 8.83 Å². The largest absolute Gasteiger partial charge is 0.453 e. The summed E-state index contributed by atoms with van der Waals surface area (Å²) in [6.07, 6.45) is 0. The van der Waals surface area contributed by atoms with Gasteiger partial charge in [-0.1, -0.05) is 47.5 Å². The maximum Gasteiger partial charge on any atom is 0.171 e. The molecule has 0 unspecified atom stereocenters. The van der Waals surface area contributed by atoms with Crippen molar-refractivity contribution >= 4 is 96.6 Å². The number of furan rings is 2. The Morgan fingerprint density at radius 2 is 0.818 bits per heavy atom. The van der Waals surface area contributed by atoms with E-state index in [1.54, 1.807) is 0 Å². The van der Waals surface area contributed by atoms with Crippen molar-refractivity contribution in [2.24, 2.45) is 0 Å². The van der Waals surface area contributed by atoms with Gasteiger partial charge in [0, 0.05) is 22.1 Å². The molecule has 10 rings (SSSR count). The molecule has 0 radical (unpaired) electrons. The summed E-state index contributed by atoms with van der Waals surface area (Å²) in [4.78, 5) is 0. The molecule has 10 aromatic rings. The Balaban J connectivity index is 1.42. The molecule has 0 bridgehead atoms. The second kappa shape index (κ2) is 8.44. The van der Waals surface area contributed by atoms with Crippen LogP contribution in [0.15, 0.2) is 93.8 Å². The first kappa shape index (κ1) is 24.6. The summed E-state index contributed by atoms with van der Waals surface area (Å²) in [6, 6.07) is 30.8. The number of hydrogen-bond donors (Lipinski definition) is 0. The molecule has 0 amide bonds. The number of fused-ring (bicyclic) bond motifs is 13. The average molecular weight is 607 g/mol. The van der Waals surface area contributed by atoms with Crippen LogP contribution >= 0.6 is 22.7 Å². The zero-order chi connectivity index (χ0) is 29.4. The van der Waals surface area contributed by atoms with E-state index in [-0.39, 0.29) is 0 Å². The van der Waals surface area contributed by atoms with Gasteiger partial charge in [0.05, 0.1) is 29.8 Å². The Hall–Kier alpha value is -4.78. The summed E-state index contributed by atoms with van der Waals surface area (Å²) < 4.78 is 23.1. The van der Waals surface area contributed by atoms with E-state index in [9.17, 15) is 0 Å². The van der Waals surface area contributed by atoms with Crippen molar-refractivity contribution in [2.45, 2.75) is 27.7 Å². The molecule has 0 fully saturated rings. The Bertz CT molecular complexity index is 2600. The SMILES string of the molecule is Cc1ccc(-n2c3c4ccc(C)cc4oc3c3sc4c(sc5c6oc7cc(C)ccc7c6n(-c6ccc(C)cc6)c54)c32)cc1. The first-order valence-electron chi connectivity index (χ1n) is 14.8. The molecule has 0 N–H and O–H groups in total. The van der Waals surface area contributed by atoms with Gasteiger partial charge in [-0.25, -0.2) is 0 Å². The third-order valence-electron chi connectivity index (χ3n) is 9.00. The summed E-state index contributed by atoms with van der Waals surface area (Å²) in [5.41, 5.74) is 15.6. The molecule has 4 aromatic carbocycles. The van der Waals surface area contributed by atoms with Crippen LogP contribution < -0.4 is 0 Å². The van der Waals surface area contributed by atoms with Gasteiger partial charge in [0.15, 0.2) is 11.2 Å². The van der Waals surface area contributed by atoms with Crippen molar-refractivity contribution in [3.63, 3.8) is 0 Å². The van der Waals surface area contributed by atoms with Gasteiger partial charge in [0.1, 0.15) is 22.2 Å². The third-order valence-corrected chi connectivity index (χ3v) is 11.5. The number of rotatable bonds is 2. The molecule has 0 aliphatic carbocycles. The van der Waals surface area contributed by atoms with Gasteiger partial charge in [0.25, 0.3) is 0 Å². The van der Waals surface area contributed by atoms with E-state index in [0.29, 0.717) is 0 Å². The van der Waals surface area contributed by atoms with Crippen molar-refractivity contribution in [3.8, 4) is 11.4 Å². The molecular formula is C38H26N2O2S2. The zero-order valence-corrected chi connectivity index (χ0v) is 26.2. The van der Waals surface area contributed by atoms with E-state index < -0.39 is 0 Å². The molecule has 0 aliphatic heterocycles. The van der Waals surface area contributed by atoms with Crippen LogP contribution in [0.5, 0.6) is 0 Å². The standard InChI is InChI=1S/C38H26N2O2S2/c1-19-5-11-23(12-6-19)39-29-25-15-9-21(3)17-27(25)41-33(29)35-31(39)37-38(43-35)32-36(44-37)34-30(26-16-10-22(4)18-28(26)42-34)40(32)24-13-7-20(2)8-14-24/h5-18H,1-4H3. The zero-order valence-electron chi connectivity index (χ0n) is 24.6. The second-order valence-corrected chi connectivity index (χ2v) is 14.2. The van der Waals surface area contributed by atoms with Gasteiger partial charge < -0.3 is 18.0 Å². The van der Waals surface area contributed by atoms with Crippen molar-refractivity contribution in [1.82, 2.24) is 9.13 Å². The first-order valence-corrected chi connectivity index (χ1v) is 16.5. The van der Waals surface area contributed by atoms with Crippen LogP contribution in [-0.4, -0.2) is 9.13 Å². The lowest BCUT2D eigenvalue weighted by Gasteiger charge is -2.08. The van der Waals surface area contributed by atoms with E-state index >= 15 is 0 Å². The minimum absolute atomic E-state index is 0.932. The van der Waals surface area contributed by atoms with Gasteiger partial charge in [-0.3, -0.25) is 0 Å². The van der Waals surface area contributed by atoms with Gasteiger partial charge in [0.2, 0.25) is 0 Å². The van der Waals surface area contributed by atoms with Crippen LogP contribution in [0.1, 0.15) is 22.3 Å². The van der Waals surface area contributed by atoms with Crippen LogP contribution in [-0.2, 0) is 0 Å². The fourth-order valence-corrected chi connectivity index (χ4v) is 9.67. The number of hydrogen-bond acceptors (Lipinski definition) is 4. The lowest BCUT2D eigenvalue weighted by atomic mass is 10.2. The fraction of sp³-hybridized carbons (Fsp3) is 0.105. The second-order valence-electron chi connectivity index (χ2n) is 12.1. The normalized spacial score (nSPS) is 12.5. The molecule has 6 heteroatoms. The molecule has 0 spiro atoms. The number of aryl methyl sites for hydroxylation is 4. The molecule has 6 heterocycles. The van der Waals surface area contributed by atoms with Crippen LogP contribution in [0.2, 0.25) is 0 Å². The quantitative estimate of drug-likeness (QED) is 0.196. The molecule has 212 valence electrons. The highest BCUT2D eigenvalue weighted by Crippen LogP contribution is 2.53. The van der Waals surface area contributed by atoms with Crippen LogP contribution in [0.4, 0.5) is 0 Å². The van der Waals surface area contributed by atoms with Crippen molar-refractivity contribution < 1.29 is 8.83 Å². The lowest BCUT2D eigenvalue weighted by molar-refractivity contribution is 0.672. The summed E-state index contributed by atoms with van der Waals surface area (Å²) in [7, 11) is 0. The van der Waals surface area contributed by atoms with Crippen molar-refractivity contribution in [3.05, 3.63) is 107 Å². The molecule has 44 heavy (non-hydrogen) atoms. The fourth-order valence-electron chi connectivity index (χ4n) is 6.89. The highest BCUT2D eigenvalue weighted by atomic mass is 32.1. The molecule has 0 aliphatic rings. The maximum atomic E-state index is 6.69. The molecule has 0 atom stereocenters. The van der Waals surface area contributed by atoms with E-state index in [2.05, 4.69) is 122 Å². The minimum Gasteiger partial charge on any atom is -0.453 e. The highest BCUT2D eigenvalue weighted by Gasteiger charge is 2.29. The maximum absolute atomic E-state index is 6.69. The number of aromatic nitrogens is 2. The summed E-state index contributed by atoms with van der Waals surface area (Å²) in [5, 5.41) is 2.28. The predicted molar refractivity (Wildman–Crippen MR) is 187 cm³/mol. The van der Waals surface area contributed by atoms with Gasteiger partial charge in [-0.15, -0.1) is 22.7 Å². The lowest BCUT2D eigenvalue weighted by Crippen LogP contribution is -1.94. The van der Waals surface area contributed by atoms with Gasteiger partial charge >= 0.3 is 0 Å². The smallest absolute Gasteiger partial charge is 0.171 e. The molecule has 0 saturated heterocycles. The van der Waals surface area contributed by atoms with Gasteiger partial charge in [-0.05, 0) is 87.4 Å². The van der Waals surface area contributed by atoms with Crippen molar-refractivity contribution in [2.75, 3.05) is 0 Å². The molecule has 6 aromatic heterocycles. The Kier molecular flexibility index (Phi) is 4.72. The van der Waals surface area contributed by atoms with Crippen molar-refractivity contribution in [1.29, 1.82) is 0 Å². The molecule has 0 saturated carbocycles. The topological polar surface area (TPSA) is 36.1 Å². The first-order chi connectivity index (χ1) is 21.4. The minimum atomic E-state index is 0.932. The highest BCUT2D eigenvalue weighted by molar-refractivity contribution is 7.37. The van der Waals surface area contributed by atoms with Gasteiger partial charge in [-0.2, -0.15) is 0 Å². The average Bonchev–Trinajstić information content (AvgIpc) is 3.82. The Morgan fingerprint density at radius 3 is 1.23 bits per heavy atom. The van der Waals surface area contributed by atoms with Crippen LogP contribution in [0, 0.1) is 27.7 Å².